The van der Waals surface area contributed by atoms with Gasteiger partial charge in [0.1, 0.15) is 0 Å². The van der Waals surface area contributed by atoms with E-state index in [0.717, 1.165) is 6.42 Å². The molecule has 0 saturated heterocycles. The lowest BCUT2D eigenvalue weighted by Crippen LogP contribution is -1.74. The second kappa shape index (κ2) is 6.86. The zero-order chi connectivity index (χ0) is 9.40. The zero-order valence-corrected chi connectivity index (χ0v) is 8.17. The van der Waals surface area contributed by atoms with E-state index in [4.69, 9.17) is 5.11 Å². The van der Waals surface area contributed by atoms with Gasteiger partial charge in [-0.25, -0.2) is 0 Å². The summed E-state index contributed by atoms with van der Waals surface area (Å²) in [4.78, 5) is 0. The van der Waals surface area contributed by atoms with Gasteiger partial charge in [-0.05, 0) is 31.4 Å². The molecule has 0 radical (unpaired) electrons. The molecule has 0 aliphatic rings. The van der Waals surface area contributed by atoms with Crippen LogP contribution in [0.2, 0.25) is 0 Å². The first-order valence-electron chi connectivity index (χ1n) is 4.35. The number of hydrogen-bond acceptors (Lipinski definition) is 1. The lowest BCUT2D eigenvalue weighted by Gasteiger charge is -1.93. The van der Waals surface area contributed by atoms with Crippen LogP contribution in [0, 0.1) is 13.8 Å². The average Bonchev–Trinajstić information content (AvgIpc) is 2.11. The molecule has 0 unspecified atom stereocenters. The molecule has 1 aromatic carbocycles. The third-order valence-electron chi connectivity index (χ3n) is 1.65. The number of aliphatic hydroxyl groups excluding tert-OH is 1. The summed E-state index contributed by atoms with van der Waals surface area (Å²) in [6.45, 7) is 6.49. The lowest BCUT2D eigenvalue weighted by atomic mass is 10.1. The van der Waals surface area contributed by atoms with E-state index in [1.807, 2.05) is 6.92 Å². The quantitative estimate of drug-likeness (QED) is 0.680. The molecule has 1 heteroatoms. The number of rotatable bonds is 1. The van der Waals surface area contributed by atoms with Crippen LogP contribution in [0.5, 0.6) is 0 Å². The van der Waals surface area contributed by atoms with Crippen molar-refractivity contribution < 1.29 is 5.11 Å². The summed E-state index contributed by atoms with van der Waals surface area (Å²) in [6, 6.07) is 8.36. The zero-order valence-electron chi connectivity index (χ0n) is 8.17. The fourth-order valence-corrected chi connectivity index (χ4v) is 0.663. The fraction of sp³-hybridized carbons (Fsp3) is 0.455. The molecule has 0 spiro atoms. The summed E-state index contributed by atoms with van der Waals surface area (Å²) >= 11 is 0. The molecule has 0 bridgehead atoms. The van der Waals surface area contributed by atoms with Crippen LogP contribution in [0.4, 0.5) is 0 Å². The Balaban J connectivity index is 0.000000261. The van der Waals surface area contributed by atoms with Gasteiger partial charge in [0.2, 0.25) is 0 Å². The summed E-state index contributed by atoms with van der Waals surface area (Å²) in [5.41, 5.74) is 2.74. The first-order valence-corrected chi connectivity index (χ1v) is 4.35. The Morgan fingerprint density at radius 1 is 1.08 bits per heavy atom. The minimum absolute atomic E-state index is 0.319. The van der Waals surface area contributed by atoms with Gasteiger partial charge in [-0.1, -0.05) is 31.2 Å². The van der Waals surface area contributed by atoms with Gasteiger partial charge in [0, 0.05) is 6.61 Å². The Hall–Kier alpha value is -0.820. The molecule has 0 aliphatic carbocycles. The highest BCUT2D eigenvalue weighted by molar-refractivity contribution is 5.23. The van der Waals surface area contributed by atoms with Gasteiger partial charge in [-0.15, -0.1) is 0 Å². The number of aliphatic hydroxyl groups is 1. The molecule has 68 valence electrons. The highest BCUT2D eigenvalue weighted by Crippen LogP contribution is 2.02. The highest BCUT2D eigenvalue weighted by atomic mass is 16.2. The standard InChI is InChI=1S/C8H10.C3H8O/c1-7-5-3-4-6-8(7)2;1-2-3-4/h3-6H,1-2H3;4H,2-3H2,1H3. The van der Waals surface area contributed by atoms with Gasteiger partial charge < -0.3 is 5.11 Å². The topological polar surface area (TPSA) is 20.2 Å². The minimum Gasteiger partial charge on any atom is -0.396 e. The summed E-state index contributed by atoms with van der Waals surface area (Å²) in [7, 11) is 0. The van der Waals surface area contributed by atoms with E-state index in [2.05, 4.69) is 38.1 Å². The average molecular weight is 166 g/mol. The van der Waals surface area contributed by atoms with E-state index in [-0.39, 0.29) is 0 Å². The molecule has 0 atom stereocenters. The smallest absolute Gasteiger partial charge is 0.0428 e. The molecule has 0 aliphatic heterocycles. The molecule has 1 aromatic rings. The molecule has 1 N–H and O–H groups in total. The summed E-state index contributed by atoms with van der Waals surface area (Å²) < 4.78 is 0. The van der Waals surface area contributed by atoms with Gasteiger partial charge >= 0.3 is 0 Å². The van der Waals surface area contributed by atoms with Crippen molar-refractivity contribution in [1.82, 2.24) is 0 Å². The second-order valence-corrected chi connectivity index (χ2v) is 2.81. The van der Waals surface area contributed by atoms with Crippen molar-refractivity contribution in [3.8, 4) is 0 Å². The fourth-order valence-electron chi connectivity index (χ4n) is 0.663. The van der Waals surface area contributed by atoms with Crippen molar-refractivity contribution in [2.24, 2.45) is 0 Å². The van der Waals surface area contributed by atoms with Crippen molar-refractivity contribution in [2.45, 2.75) is 27.2 Å². The van der Waals surface area contributed by atoms with Gasteiger partial charge in [-0.2, -0.15) is 0 Å². The second-order valence-electron chi connectivity index (χ2n) is 2.81. The van der Waals surface area contributed by atoms with E-state index in [1.54, 1.807) is 0 Å². The third kappa shape index (κ3) is 4.91. The van der Waals surface area contributed by atoms with Crippen LogP contribution in [0.3, 0.4) is 0 Å². The van der Waals surface area contributed by atoms with Gasteiger partial charge in [0.05, 0.1) is 0 Å². The van der Waals surface area contributed by atoms with Crippen LogP contribution >= 0.6 is 0 Å². The van der Waals surface area contributed by atoms with E-state index in [0.29, 0.717) is 6.61 Å². The van der Waals surface area contributed by atoms with Crippen LogP contribution in [0.25, 0.3) is 0 Å². The molecule has 0 saturated carbocycles. The van der Waals surface area contributed by atoms with Crippen molar-refractivity contribution in [3.05, 3.63) is 35.4 Å². The van der Waals surface area contributed by atoms with Crippen LogP contribution in [0.15, 0.2) is 24.3 Å². The van der Waals surface area contributed by atoms with E-state index in [9.17, 15) is 0 Å². The molecule has 1 nitrogen and oxygen atoms in total. The predicted octanol–water partition coefficient (Wildman–Crippen LogP) is 2.69. The molecule has 0 amide bonds. The van der Waals surface area contributed by atoms with Gasteiger partial charge in [0.15, 0.2) is 0 Å². The maximum Gasteiger partial charge on any atom is 0.0428 e. The van der Waals surface area contributed by atoms with Crippen LogP contribution in [-0.4, -0.2) is 11.7 Å². The van der Waals surface area contributed by atoms with Gasteiger partial charge in [-0.3, -0.25) is 0 Å². The number of hydrogen-bond donors (Lipinski definition) is 1. The van der Waals surface area contributed by atoms with E-state index < -0.39 is 0 Å². The Bertz CT molecular complexity index is 183. The SMILES string of the molecule is CCCO.Cc1ccccc1C. The summed E-state index contributed by atoms with van der Waals surface area (Å²) in [5.74, 6) is 0. The molecule has 1 rings (SSSR count). The Morgan fingerprint density at radius 2 is 1.42 bits per heavy atom. The van der Waals surface area contributed by atoms with E-state index in [1.165, 1.54) is 11.1 Å². The molecule has 12 heavy (non-hydrogen) atoms. The predicted molar refractivity (Wildman–Crippen MR) is 53.3 cm³/mol. The van der Waals surface area contributed by atoms with Crippen LogP contribution in [-0.2, 0) is 0 Å². The largest absolute Gasteiger partial charge is 0.396 e. The third-order valence-corrected chi connectivity index (χ3v) is 1.65. The normalized spacial score (nSPS) is 8.67. The summed E-state index contributed by atoms with van der Waals surface area (Å²) in [6.07, 6.45) is 0.875. The van der Waals surface area contributed by atoms with Crippen molar-refractivity contribution in [1.29, 1.82) is 0 Å². The Labute approximate surface area is 75.1 Å². The van der Waals surface area contributed by atoms with Gasteiger partial charge in [0.25, 0.3) is 0 Å². The Kier molecular flexibility index (Phi) is 6.39. The minimum atomic E-state index is 0.319. The Morgan fingerprint density at radius 3 is 1.58 bits per heavy atom. The maximum absolute atomic E-state index is 7.88. The summed E-state index contributed by atoms with van der Waals surface area (Å²) in [5, 5.41) is 7.88. The van der Waals surface area contributed by atoms with Crippen molar-refractivity contribution in [2.75, 3.05) is 6.61 Å². The maximum atomic E-state index is 7.88. The molecule has 0 fully saturated rings. The molecular formula is C11H18O. The lowest BCUT2D eigenvalue weighted by molar-refractivity contribution is 0.295. The number of benzene rings is 1. The highest BCUT2D eigenvalue weighted by Gasteiger charge is 1.83. The monoisotopic (exact) mass is 166 g/mol. The van der Waals surface area contributed by atoms with E-state index >= 15 is 0 Å². The number of aryl methyl sites for hydroxylation is 2. The first-order chi connectivity index (χ1) is 5.72. The molecule has 0 aromatic heterocycles. The van der Waals surface area contributed by atoms with Crippen molar-refractivity contribution in [3.63, 3.8) is 0 Å². The molecular weight excluding hydrogens is 148 g/mol. The first kappa shape index (κ1) is 11.2. The van der Waals surface area contributed by atoms with Crippen LogP contribution in [0.1, 0.15) is 24.5 Å². The molecule has 0 heterocycles. The van der Waals surface area contributed by atoms with Crippen molar-refractivity contribution >= 4 is 0 Å². The van der Waals surface area contributed by atoms with Crippen LogP contribution < -0.4 is 0 Å².